The molecule has 0 radical (unpaired) electrons. The summed E-state index contributed by atoms with van der Waals surface area (Å²) in [5.41, 5.74) is 4.96. The third-order valence-electron chi connectivity index (χ3n) is 4.45. The second kappa shape index (κ2) is 7.54. The summed E-state index contributed by atoms with van der Waals surface area (Å²) in [6.45, 7) is 0.797. The lowest BCUT2D eigenvalue weighted by atomic mass is 9.96. The monoisotopic (exact) mass is 359 g/mol. The van der Waals surface area contributed by atoms with Crippen molar-refractivity contribution in [2.24, 2.45) is 10.2 Å². The average Bonchev–Trinajstić information content (AvgIpc) is 3.12. The smallest absolute Gasteiger partial charge is 0.104 e. The van der Waals surface area contributed by atoms with Crippen molar-refractivity contribution in [3.8, 4) is 0 Å². The molecule has 1 atom stereocenters. The zero-order valence-electron chi connectivity index (χ0n) is 14.1. The summed E-state index contributed by atoms with van der Waals surface area (Å²) in [5.74, 6) is 0.151. The van der Waals surface area contributed by atoms with Gasteiger partial charge in [0.25, 0.3) is 0 Å². The highest BCUT2D eigenvalue weighted by molar-refractivity contribution is 6.32. The molecule has 0 aromatic heterocycles. The van der Waals surface area contributed by atoms with Crippen molar-refractivity contribution in [1.82, 2.24) is 5.32 Å². The maximum Gasteiger partial charge on any atom is 0.104 e. The van der Waals surface area contributed by atoms with Gasteiger partial charge in [-0.1, -0.05) is 84.4 Å². The van der Waals surface area contributed by atoms with Gasteiger partial charge in [0.05, 0.1) is 16.4 Å². The molecule has 1 aliphatic heterocycles. The van der Waals surface area contributed by atoms with Gasteiger partial charge < -0.3 is 5.32 Å². The molecule has 26 heavy (non-hydrogen) atoms. The Kier molecular flexibility index (Phi) is 4.80. The molecular weight excluding hydrogens is 342 g/mol. The van der Waals surface area contributed by atoms with Gasteiger partial charge in [0.2, 0.25) is 0 Å². The largest absolute Gasteiger partial charge is 0.382 e. The van der Waals surface area contributed by atoms with Crippen LogP contribution in [0.5, 0.6) is 0 Å². The first-order chi connectivity index (χ1) is 12.8. The Balaban J connectivity index is 1.78. The average molecular weight is 360 g/mol. The Morgan fingerprint density at radius 2 is 1.42 bits per heavy atom. The van der Waals surface area contributed by atoms with E-state index in [9.17, 15) is 0 Å². The van der Waals surface area contributed by atoms with Crippen LogP contribution in [0.25, 0.3) is 5.70 Å². The fraction of sp³-hybridized carbons (Fsp3) is 0.0909. The molecule has 1 N–H and O–H groups in total. The predicted octanol–water partition coefficient (Wildman–Crippen LogP) is 6.18. The van der Waals surface area contributed by atoms with E-state index in [1.165, 1.54) is 5.56 Å². The minimum atomic E-state index is 0.151. The zero-order valence-corrected chi connectivity index (χ0v) is 14.9. The third kappa shape index (κ3) is 3.39. The topological polar surface area (TPSA) is 36.8 Å². The molecular formula is C22H18ClN3. The fourth-order valence-corrected chi connectivity index (χ4v) is 3.32. The van der Waals surface area contributed by atoms with Crippen LogP contribution in [-0.4, -0.2) is 6.54 Å². The van der Waals surface area contributed by atoms with Gasteiger partial charge in [-0.2, -0.15) is 5.11 Å². The minimum absolute atomic E-state index is 0.151. The molecule has 1 aliphatic rings. The lowest BCUT2D eigenvalue weighted by Crippen LogP contribution is -2.10. The van der Waals surface area contributed by atoms with Crippen molar-refractivity contribution in [1.29, 1.82) is 0 Å². The van der Waals surface area contributed by atoms with Crippen LogP contribution >= 0.6 is 11.6 Å². The van der Waals surface area contributed by atoms with E-state index in [1.54, 1.807) is 0 Å². The van der Waals surface area contributed by atoms with Gasteiger partial charge in [0.1, 0.15) is 5.69 Å². The van der Waals surface area contributed by atoms with Crippen molar-refractivity contribution in [3.63, 3.8) is 0 Å². The summed E-state index contributed by atoms with van der Waals surface area (Å²) in [6, 6.07) is 28.1. The molecule has 4 heteroatoms. The molecule has 1 unspecified atom stereocenters. The van der Waals surface area contributed by atoms with Gasteiger partial charge in [-0.15, -0.1) is 5.11 Å². The summed E-state index contributed by atoms with van der Waals surface area (Å²) in [7, 11) is 0. The summed E-state index contributed by atoms with van der Waals surface area (Å²) in [5, 5.41) is 13.2. The summed E-state index contributed by atoms with van der Waals surface area (Å²) in [6.07, 6.45) is 0. The molecule has 0 fully saturated rings. The van der Waals surface area contributed by atoms with Crippen LogP contribution in [0, 0.1) is 0 Å². The molecule has 128 valence electrons. The van der Waals surface area contributed by atoms with Crippen LogP contribution in [0.15, 0.2) is 101 Å². The van der Waals surface area contributed by atoms with Crippen molar-refractivity contribution in [2.75, 3.05) is 6.54 Å². The Morgan fingerprint density at radius 3 is 2.15 bits per heavy atom. The van der Waals surface area contributed by atoms with Gasteiger partial charge in [-0.3, -0.25) is 0 Å². The number of nitrogens with one attached hydrogen (secondary N) is 1. The lowest BCUT2D eigenvalue weighted by molar-refractivity contribution is 0.779. The second-order valence-electron chi connectivity index (χ2n) is 6.12. The van der Waals surface area contributed by atoms with E-state index in [0.717, 1.165) is 23.5 Å². The Morgan fingerprint density at radius 1 is 0.769 bits per heavy atom. The number of rotatable bonds is 4. The van der Waals surface area contributed by atoms with Gasteiger partial charge in [0, 0.05) is 12.5 Å². The first kappa shape index (κ1) is 16.6. The Labute approximate surface area is 158 Å². The van der Waals surface area contributed by atoms with E-state index < -0.39 is 0 Å². The van der Waals surface area contributed by atoms with Crippen molar-refractivity contribution in [3.05, 3.63) is 107 Å². The fourth-order valence-electron chi connectivity index (χ4n) is 3.14. The first-order valence-corrected chi connectivity index (χ1v) is 8.95. The molecule has 3 aromatic rings. The SMILES string of the molecule is Clc1ccccc1N=NC1=C(c2ccccc2)NCC1c1ccccc1. The normalized spacial score (nSPS) is 16.9. The van der Waals surface area contributed by atoms with Crippen molar-refractivity contribution in [2.45, 2.75) is 5.92 Å². The van der Waals surface area contributed by atoms with Gasteiger partial charge >= 0.3 is 0 Å². The highest BCUT2D eigenvalue weighted by Gasteiger charge is 2.27. The quantitative estimate of drug-likeness (QED) is 0.555. The maximum atomic E-state index is 6.23. The van der Waals surface area contributed by atoms with Gasteiger partial charge in [0.15, 0.2) is 0 Å². The highest BCUT2D eigenvalue weighted by atomic mass is 35.5. The number of hydrogen-bond acceptors (Lipinski definition) is 3. The van der Waals surface area contributed by atoms with Crippen LogP contribution in [0.2, 0.25) is 5.02 Å². The summed E-state index contributed by atoms with van der Waals surface area (Å²) >= 11 is 6.23. The number of benzene rings is 3. The number of nitrogens with zero attached hydrogens (tertiary/aromatic N) is 2. The van der Waals surface area contributed by atoms with Crippen molar-refractivity contribution < 1.29 is 0 Å². The van der Waals surface area contributed by atoms with Crippen LogP contribution < -0.4 is 5.32 Å². The van der Waals surface area contributed by atoms with Crippen LogP contribution in [0.3, 0.4) is 0 Å². The van der Waals surface area contributed by atoms with E-state index in [4.69, 9.17) is 11.6 Å². The Bertz CT molecular complexity index is 949. The standard InChI is InChI=1S/C22H18ClN3/c23-19-13-7-8-14-20(19)25-26-22-18(16-9-3-1-4-10-16)15-24-21(22)17-11-5-2-6-12-17/h1-14,18,24H,15H2. The minimum Gasteiger partial charge on any atom is -0.382 e. The molecule has 0 saturated heterocycles. The van der Waals surface area contributed by atoms with Crippen LogP contribution in [-0.2, 0) is 0 Å². The summed E-state index contributed by atoms with van der Waals surface area (Å²) in [4.78, 5) is 0. The highest BCUT2D eigenvalue weighted by Crippen LogP contribution is 2.37. The molecule has 1 heterocycles. The molecule has 0 amide bonds. The molecule has 0 aliphatic carbocycles. The van der Waals surface area contributed by atoms with E-state index in [-0.39, 0.29) is 5.92 Å². The molecule has 3 nitrogen and oxygen atoms in total. The second-order valence-corrected chi connectivity index (χ2v) is 6.53. The number of halogens is 1. The molecule has 3 aromatic carbocycles. The number of hydrogen-bond donors (Lipinski definition) is 1. The molecule has 0 spiro atoms. The van der Waals surface area contributed by atoms with Crippen LogP contribution in [0.1, 0.15) is 17.0 Å². The van der Waals surface area contributed by atoms with E-state index >= 15 is 0 Å². The van der Waals surface area contributed by atoms with Crippen LogP contribution in [0.4, 0.5) is 5.69 Å². The zero-order chi connectivity index (χ0) is 17.8. The van der Waals surface area contributed by atoms with E-state index in [2.05, 4.69) is 51.9 Å². The maximum absolute atomic E-state index is 6.23. The number of azo groups is 1. The van der Waals surface area contributed by atoms with E-state index in [1.807, 2.05) is 48.5 Å². The van der Waals surface area contributed by atoms with E-state index in [0.29, 0.717) is 10.7 Å². The third-order valence-corrected chi connectivity index (χ3v) is 4.77. The molecule has 0 bridgehead atoms. The molecule has 0 saturated carbocycles. The lowest BCUT2D eigenvalue weighted by Gasteiger charge is -2.10. The Hall–Kier alpha value is -2.91. The van der Waals surface area contributed by atoms with Crippen molar-refractivity contribution >= 4 is 23.0 Å². The molecule has 4 rings (SSSR count). The van der Waals surface area contributed by atoms with Gasteiger partial charge in [-0.05, 0) is 23.3 Å². The van der Waals surface area contributed by atoms with Gasteiger partial charge in [-0.25, -0.2) is 0 Å². The summed E-state index contributed by atoms with van der Waals surface area (Å²) < 4.78 is 0. The first-order valence-electron chi connectivity index (χ1n) is 8.57. The predicted molar refractivity (Wildman–Crippen MR) is 107 cm³/mol.